The molecule has 8 heteroatoms. The van der Waals surface area contributed by atoms with Crippen LogP contribution >= 0.6 is 0 Å². The number of hydrogen-bond acceptors (Lipinski definition) is 4. The first-order valence-electron chi connectivity index (χ1n) is 8.84. The van der Waals surface area contributed by atoms with Crippen molar-refractivity contribution >= 4 is 16.8 Å². The molecule has 1 unspecified atom stereocenters. The number of pyridine rings is 2. The van der Waals surface area contributed by atoms with Gasteiger partial charge in [0, 0.05) is 24.2 Å². The lowest BCUT2D eigenvalue weighted by molar-refractivity contribution is 0.0946. The van der Waals surface area contributed by atoms with Crippen molar-refractivity contribution in [2.75, 3.05) is 0 Å². The van der Waals surface area contributed by atoms with Gasteiger partial charge in [-0.3, -0.25) is 14.6 Å². The number of halogens is 2. The summed E-state index contributed by atoms with van der Waals surface area (Å²) >= 11 is 0. The summed E-state index contributed by atoms with van der Waals surface area (Å²) in [6.45, 7) is 1.76. The molecule has 1 aromatic carbocycles. The molecular weight excluding hydrogens is 368 g/mol. The quantitative estimate of drug-likeness (QED) is 0.726. The molecule has 6 nitrogen and oxygen atoms in total. The van der Waals surface area contributed by atoms with E-state index in [1.165, 1.54) is 22.9 Å². The standard InChI is InChI=1S/C20H17F2N3O3/c1-10-2-3-12-5-13(21)6-15-17(12)25(10)20(28)16(18(15)26)19(27)24-8-11-4-14(22)9-23-7-11/h4-7,9-10,26H,2-3,8H2,1H3,(H,24,27). The van der Waals surface area contributed by atoms with Crippen molar-refractivity contribution in [1.82, 2.24) is 14.9 Å². The number of carbonyl (C=O) groups excluding carboxylic acids is 1. The Balaban J connectivity index is 1.81. The van der Waals surface area contributed by atoms with Crippen LogP contribution in [0.15, 0.2) is 35.4 Å². The summed E-state index contributed by atoms with van der Waals surface area (Å²) < 4.78 is 28.7. The molecule has 0 fully saturated rings. The van der Waals surface area contributed by atoms with Crippen LogP contribution in [0.1, 0.15) is 40.9 Å². The van der Waals surface area contributed by atoms with E-state index in [0.717, 1.165) is 12.3 Å². The van der Waals surface area contributed by atoms with Crippen LogP contribution in [0.25, 0.3) is 10.9 Å². The van der Waals surface area contributed by atoms with Crippen molar-refractivity contribution in [3.05, 3.63) is 69.3 Å². The molecular formula is C20H17F2N3O3. The van der Waals surface area contributed by atoms with Gasteiger partial charge in [-0.25, -0.2) is 8.78 Å². The summed E-state index contributed by atoms with van der Waals surface area (Å²) in [5.74, 6) is -2.47. The second-order valence-electron chi connectivity index (χ2n) is 6.94. The van der Waals surface area contributed by atoms with Gasteiger partial charge in [0.05, 0.1) is 11.7 Å². The largest absolute Gasteiger partial charge is 0.506 e. The number of nitrogens with zero attached hydrogens (tertiary/aromatic N) is 2. The maximum atomic E-state index is 14.0. The molecule has 3 aromatic rings. The van der Waals surface area contributed by atoms with Crippen LogP contribution in [0.5, 0.6) is 5.75 Å². The van der Waals surface area contributed by atoms with Crippen LogP contribution in [0.4, 0.5) is 8.78 Å². The fourth-order valence-corrected chi connectivity index (χ4v) is 3.71. The first kappa shape index (κ1) is 18.1. The van der Waals surface area contributed by atoms with Crippen molar-refractivity contribution < 1.29 is 18.7 Å². The number of aryl methyl sites for hydroxylation is 1. The maximum absolute atomic E-state index is 14.0. The lowest BCUT2D eigenvalue weighted by Crippen LogP contribution is -2.36. The summed E-state index contributed by atoms with van der Waals surface area (Å²) in [4.78, 5) is 29.3. The molecule has 0 bridgehead atoms. The highest BCUT2D eigenvalue weighted by atomic mass is 19.1. The second-order valence-corrected chi connectivity index (χ2v) is 6.94. The fraction of sp³-hybridized carbons (Fsp3) is 0.250. The van der Waals surface area contributed by atoms with E-state index < -0.39 is 34.4 Å². The minimum Gasteiger partial charge on any atom is -0.506 e. The van der Waals surface area contributed by atoms with Gasteiger partial charge in [0.25, 0.3) is 11.5 Å². The van der Waals surface area contributed by atoms with Crippen LogP contribution in [-0.2, 0) is 13.0 Å². The first-order valence-corrected chi connectivity index (χ1v) is 8.84. The van der Waals surface area contributed by atoms with E-state index in [0.29, 0.717) is 29.5 Å². The number of nitrogens with one attached hydrogen (secondary N) is 1. The van der Waals surface area contributed by atoms with Gasteiger partial charge in [0.2, 0.25) is 0 Å². The number of aromatic nitrogens is 2. The van der Waals surface area contributed by atoms with Gasteiger partial charge in [-0.05, 0) is 49.1 Å². The Morgan fingerprint density at radius 3 is 2.82 bits per heavy atom. The second kappa shape index (κ2) is 6.70. The molecule has 0 saturated carbocycles. The smallest absolute Gasteiger partial charge is 0.267 e. The molecule has 4 rings (SSSR count). The third-order valence-electron chi connectivity index (χ3n) is 5.03. The van der Waals surface area contributed by atoms with Crippen molar-refractivity contribution in [3.63, 3.8) is 0 Å². The number of rotatable bonds is 3. The molecule has 3 heterocycles. The summed E-state index contributed by atoms with van der Waals surface area (Å²) in [5, 5.41) is 13.2. The minimum atomic E-state index is -0.819. The van der Waals surface area contributed by atoms with Crippen LogP contribution in [0.2, 0.25) is 0 Å². The minimum absolute atomic E-state index is 0.0789. The Morgan fingerprint density at radius 1 is 1.29 bits per heavy atom. The molecule has 1 aliphatic heterocycles. The fourth-order valence-electron chi connectivity index (χ4n) is 3.71. The highest BCUT2D eigenvalue weighted by Gasteiger charge is 2.28. The number of hydrogen-bond donors (Lipinski definition) is 2. The lowest BCUT2D eigenvalue weighted by Gasteiger charge is -2.26. The van der Waals surface area contributed by atoms with Crippen LogP contribution in [0.3, 0.4) is 0 Å². The average Bonchev–Trinajstić information content (AvgIpc) is 2.65. The Kier molecular flexibility index (Phi) is 4.33. The van der Waals surface area contributed by atoms with Crippen LogP contribution in [-0.4, -0.2) is 20.6 Å². The third kappa shape index (κ3) is 2.90. The van der Waals surface area contributed by atoms with E-state index in [9.17, 15) is 23.5 Å². The van der Waals surface area contributed by atoms with Gasteiger partial charge in [-0.2, -0.15) is 0 Å². The molecule has 0 aliphatic carbocycles. The number of carbonyl (C=O) groups is 1. The van der Waals surface area contributed by atoms with Gasteiger partial charge in [0.15, 0.2) is 0 Å². The lowest BCUT2D eigenvalue weighted by atomic mass is 9.95. The normalized spacial score (nSPS) is 15.6. The number of benzene rings is 1. The van der Waals surface area contributed by atoms with E-state index in [1.807, 2.05) is 6.92 Å². The van der Waals surface area contributed by atoms with Crippen LogP contribution < -0.4 is 10.9 Å². The first-order chi connectivity index (χ1) is 13.4. The molecule has 1 amide bonds. The van der Waals surface area contributed by atoms with E-state index in [2.05, 4.69) is 10.3 Å². The zero-order chi connectivity index (χ0) is 20.0. The van der Waals surface area contributed by atoms with Crippen molar-refractivity contribution in [3.8, 4) is 5.75 Å². The Morgan fingerprint density at radius 2 is 2.07 bits per heavy atom. The van der Waals surface area contributed by atoms with E-state index in [1.54, 1.807) is 0 Å². The Labute approximate surface area is 158 Å². The monoisotopic (exact) mass is 385 g/mol. The summed E-state index contributed by atoms with van der Waals surface area (Å²) in [5.41, 5.74) is 0.380. The number of amides is 1. The zero-order valence-electron chi connectivity index (χ0n) is 15.0. The van der Waals surface area contributed by atoms with Crippen molar-refractivity contribution in [2.24, 2.45) is 0 Å². The third-order valence-corrected chi connectivity index (χ3v) is 5.03. The molecule has 28 heavy (non-hydrogen) atoms. The van der Waals surface area contributed by atoms with Crippen molar-refractivity contribution in [1.29, 1.82) is 0 Å². The SMILES string of the molecule is CC1CCc2cc(F)cc3c(O)c(C(=O)NCc4cncc(F)c4)c(=O)n1c23. The topological polar surface area (TPSA) is 84.2 Å². The molecule has 0 spiro atoms. The van der Waals surface area contributed by atoms with Gasteiger partial charge < -0.3 is 15.0 Å². The Hall–Kier alpha value is -3.29. The molecule has 1 aliphatic rings. The zero-order valence-corrected chi connectivity index (χ0v) is 15.0. The summed E-state index contributed by atoms with van der Waals surface area (Å²) in [6, 6.07) is 3.47. The molecule has 2 aromatic heterocycles. The summed E-state index contributed by atoms with van der Waals surface area (Å²) in [7, 11) is 0. The van der Waals surface area contributed by atoms with E-state index in [4.69, 9.17) is 0 Å². The van der Waals surface area contributed by atoms with Gasteiger partial charge >= 0.3 is 0 Å². The summed E-state index contributed by atoms with van der Waals surface area (Å²) in [6.07, 6.45) is 3.60. The highest BCUT2D eigenvalue weighted by molar-refractivity contribution is 6.03. The number of aromatic hydroxyl groups is 1. The molecule has 0 saturated heterocycles. The Bertz CT molecular complexity index is 1170. The molecule has 0 radical (unpaired) electrons. The average molecular weight is 385 g/mol. The van der Waals surface area contributed by atoms with Crippen LogP contribution in [0, 0.1) is 11.6 Å². The maximum Gasteiger partial charge on any atom is 0.267 e. The van der Waals surface area contributed by atoms with E-state index in [-0.39, 0.29) is 18.0 Å². The van der Waals surface area contributed by atoms with E-state index >= 15 is 0 Å². The predicted octanol–water partition coefficient (Wildman–Crippen LogP) is 2.82. The predicted molar refractivity (Wildman–Crippen MR) is 98.2 cm³/mol. The van der Waals surface area contributed by atoms with Crippen molar-refractivity contribution in [2.45, 2.75) is 32.4 Å². The van der Waals surface area contributed by atoms with Gasteiger partial charge in [0.1, 0.15) is 22.9 Å². The molecule has 2 N–H and O–H groups in total. The molecule has 1 atom stereocenters. The van der Waals surface area contributed by atoms with Gasteiger partial charge in [-0.15, -0.1) is 0 Å². The van der Waals surface area contributed by atoms with Gasteiger partial charge in [-0.1, -0.05) is 0 Å². The molecule has 144 valence electrons. The highest BCUT2D eigenvalue weighted by Crippen LogP contribution is 2.35.